The van der Waals surface area contributed by atoms with Crippen LogP contribution >= 0.6 is 24.0 Å². The summed E-state index contributed by atoms with van der Waals surface area (Å²) in [6, 6.07) is 7.02. The Morgan fingerprint density at radius 1 is 1.42 bits per heavy atom. The Hall–Kier alpha value is -1.71. The molecule has 6 nitrogen and oxygen atoms in total. The molecule has 1 aliphatic rings. The van der Waals surface area contributed by atoms with Crippen LogP contribution in [0.3, 0.4) is 0 Å². The molecule has 1 unspecified atom stereocenters. The molecule has 0 saturated carbocycles. The maximum atomic E-state index is 13.5. The maximum Gasteiger partial charge on any atom is 0.191 e. The summed E-state index contributed by atoms with van der Waals surface area (Å²) in [5.74, 6) is 1.57. The Morgan fingerprint density at radius 2 is 2.23 bits per heavy atom. The van der Waals surface area contributed by atoms with Crippen molar-refractivity contribution in [3.05, 3.63) is 47.8 Å². The average Bonchev–Trinajstić information content (AvgIpc) is 3.06. The van der Waals surface area contributed by atoms with Gasteiger partial charge in [0.05, 0.1) is 6.54 Å². The van der Waals surface area contributed by atoms with Gasteiger partial charge in [-0.05, 0) is 24.1 Å². The molecule has 1 aliphatic heterocycles. The Balaban J connectivity index is 0.00000243. The number of aliphatic imine (C=N–C) groups is 1. The number of nitrogens with zero attached hydrogens (tertiary/aromatic N) is 4. The molecule has 2 N–H and O–H groups in total. The molecule has 1 aromatic heterocycles. The van der Waals surface area contributed by atoms with Gasteiger partial charge < -0.3 is 10.6 Å². The highest BCUT2D eigenvalue weighted by atomic mass is 127. The number of aromatic nitrogens is 3. The zero-order chi connectivity index (χ0) is 17.9. The Labute approximate surface area is 170 Å². The molecule has 0 saturated heterocycles. The molecule has 3 rings (SSSR count). The molecule has 2 heterocycles. The molecule has 2 aromatic rings. The summed E-state index contributed by atoms with van der Waals surface area (Å²) in [5.41, 5.74) is 0.742. The normalized spacial score (nSPS) is 17.2. The van der Waals surface area contributed by atoms with Gasteiger partial charge in [0.15, 0.2) is 5.96 Å². The minimum Gasteiger partial charge on any atom is -0.356 e. The van der Waals surface area contributed by atoms with Crippen LogP contribution in [0.1, 0.15) is 31.7 Å². The summed E-state index contributed by atoms with van der Waals surface area (Å²) >= 11 is 0. The van der Waals surface area contributed by atoms with E-state index in [-0.39, 0.29) is 41.3 Å². The molecule has 0 fully saturated rings. The summed E-state index contributed by atoms with van der Waals surface area (Å²) in [6.07, 6.45) is 3.50. The van der Waals surface area contributed by atoms with Gasteiger partial charge in [0, 0.05) is 31.5 Å². The van der Waals surface area contributed by atoms with Crippen molar-refractivity contribution < 1.29 is 4.39 Å². The number of nitrogens with one attached hydrogen (secondary N) is 2. The van der Waals surface area contributed by atoms with Gasteiger partial charge in [0.1, 0.15) is 18.0 Å². The summed E-state index contributed by atoms with van der Waals surface area (Å²) in [6.45, 7) is 5.61. The summed E-state index contributed by atoms with van der Waals surface area (Å²) in [7, 11) is 1.76. The van der Waals surface area contributed by atoms with E-state index in [0.29, 0.717) is 6.54 Å². The minimum atomic E-state index is -0.217. The first-order valence-corrected chi connectivity index (χ1v) is 8.58. The van der Waals surface area contributed by atoms with Gasteiger partial charge in [-0.25, -0.2) is 14.1 Å². The molecule has 142 valence electrons. The Morgan fingerprint density at radius 3 is 2.96 bits per heavy atom. The van der Waals surface area contributed by atoms with Gasteiger partial charge in [-0.3, -0.25) is 4.99 Å². The quantitative estimate of drug-likeness (QED) is 0.408. The first-order valence-electron chi connectivity index (χ1n) is 8.58. The molecule has 1 atom stereocenters. The molecular weight excluding hydrogens is 446 g/mol. The highest BCUT2D eigenvalue weighted by Crippen LogP contribution is 2.22. The lowest BCUT2D eigenvalue weighted by atomic mass is 9.84. The van der Waals surface area contributed by atoms with Crippen molar-refractivity contribution in [3.8, 4) is 0 Å². The highest BCUT2D eigenvalue weighted by molar-refractivity contribution is 14.0. The molecule has 0 spiro atoms. The summed E-state index contributed by atoms with van der Waals surface area (Å²) in [5, 5.41) is 11.1. The van der Waals surface area contributed by atoms with Crippen LogP contribution in [-0.4, -0.2) is 40.4 Å². The number of halogens is 2. The van der Waals surface area contributed by atoms with Crippen molar-refractivity contribution >= 4 is 29.9 Å². The van der Waals surface area contributed by atoms with E-state index in [4.69, 9.17) is 0 Å². The lowest BCUT2D eigenvalue weighted by molar-refractivity contribution is 0.391. The van der Waals surface area contributed by atoms with Crippen LogP contribution in [0.4, 0.5) is 4.39 Å². The van der Waals surface area contributed by atoms with Crippen LogP contribution in [-0.2, 0) is 18.4 Å². The SMILES string of the molecule is CN=C(NCC(C)(C)c1cccc(F)c1)NC1CCc2ncnn2C1.I. The standard InChI is InChI=1S/C18H25FN6.HI/c1-18(2,13-5-4-6-14(19)9-13)11-21-17(20-3)24-15-7-8-16-22-12-23-25(16)10-15;/h4-6,9,12,15H,7-8,10-11H2,1-3H3,(H2,20,21,24);1H. The van der Waals surface area contributed by atoms with E-state index in [1.165, 1.54) is 6.07 Å². The fraction of sp³-hybridized carbons (Fsp3) is 0.500. The Kier molecular flexibility index (Phi) is 6.96. The van der Waals surface area contributed by atoms with Gasteiger partial charge in [0.25, 0.3) is 0 Å². The third kappa shape index (κ3) is 4.93. The third-order valence-electron chi connectivity index (χ3n) is 4.67. The van der Waals surface area contributed by atoms with Gasteiger partial charge in [0.2, 0.25) is 0 Å². The van der Waals surface area contributed by atoms with E-state index in [1.807, 2.05) is 10.7 Å². The van der Waals surface area contributed by atoms with Crippen molar-refractivity contribution in [2.45, 2.75) is 44.7 Å². The average molecular weight is 472 g/mol. The number of hydrogen-bond donors (Lipinski definition) is 2. The first kappa shape index (κ1) is 20.6. The van der Waals surface area contributed by atoms with Crippen LogP contribution in [0.15, 0.2) is 35.6 Å². The largest absolute Gasteiger partial charge is 0.356 e. The van der Waals surface area contributed by atoms with Gasteiger partial charge in [-0.15, -0.1) is 24.0 Å². The van der Waals surface area contributed by atoms with Crippen molar-refractivity contribution in [1.29, 1.82) is 0 Å². The number of rotatable bonds is 4. The lowest BCUT2D eigenvalue weighted by Gasteiger charge is -2.29. The first-order chi connectivity index (χ1) is 12.0. The fourth-order valence-corrected chi connectivity index (χ4v) is 3.06. The zero-order valence-electron chi connectivity index (χ0n) is 15.4. The second kappa shape index (κ2) is 8.79. The molecule has 1 aromatic carbocycles. The van der Waals surface area contributed by atoms with E-state index < -0.39 is 0 Å². The predicted octanol–water partition coefficient (Wildman–Crippen LogP) is 2.49. The monoisotopic (exact) mass is 472 g/mol. The van der Waals surface area contributed by atoms with Crippen LogP contribution < -0.4 is 10.6 Å². The lowest BCUT2D eigenvalue weighted by Crippen LogP contribution is -2.49. The smallest absolute Gasteiger partial charge is 0.191 e. The molecule has 8 heteroatoms. The predicted molar refractivity (Wildman–Crippen MR) is 111 cm³/mol. The topological polar surface area (TPSA) is 67.1 Å². The second-order valence-corrected chi connectivity index (χ2v) is 7.06. The number of hydrogen-bond acceptors (Lipinski definition) is 3. The van der Waals surface area contributed by atoms with Gasteiger partial charge in [-0.1, -0.05) is 26.0 Å². The number of guanidine groups is 1. The van der Waals surface area contributed by atoms with Crippen molar-refractivity contribution in [2.75, 3.05) is 13.6 Å². The molecule has 0 bridgehead atoms. The van der Waals surface area contributed by atoms with Gasteiger partial charge in [-0.2, -0.15) is 5.10 Å². The van der Waals surface area contributed by atoms with E-state index in [9.17, 15) is 4.39 Å². The molecule has 26 heavy (non-hydrogen) atoms. The number of aryl methyl sites for hydroxylation is 1. The summed E-state index contributed by atoms with van der Waals surface area (Å²) < 4.78 is 15.4. The van der Waals surface area contributed by atoms with Crippen LogP contribution in [0.2, 0.25) is 0 Å². The molecule has 0 amide bonds. The second-order valence-electron chi connectivity index (χ2n) is 7.06. The fourth-order valence-electron chi connectivity index (χ4n) is 3.06. The number of benzene rings is 1. The van der Waals surface area contributed by atoms with Crippen LogP contribution in [0.5, 0.6) is 0 Å². The molecule has 0 aliphatic carbocycles. The van der Waals surface area contributed by atoms with Crippen molar-refractivity contribution in [2.24, 2.45) is 4.99 Å². The number of fused-ring (bicyclic) bond motifs is 1. The minimum absolute atomic E-state index is 0. The highest BCUT2D eigenvalue weighted by Gasteiger charge is 2.23. The molecular formula is C18H26FIN6. The third-order valence-corrected chi connectivity index (χ3v) is 4.67. The van der Waals surface area contributed by atoms with Crippen LogP contribution in [0, 0.1) is 5.82 Å². The van der Waals surface area contributed by atoms with Crippen molar-refractivity contribution in [3.63, 3.8) is 0 Å². The van der Waals surface area contributed by atoms with E-state index in [1.54, 1.807) is 25.5 Å². The van der Waals surface area contributed by atoms with E-state index in [0.717, 1.165) is 36.7 Å². The molecule has 0 radical (unpaired) electrons. The van der Waals surface area contributed by atoms with Crippen molar-refractivity contribution in [1.82, 2.24) is 25.4 Å². The maximum absolute atomic E-state index is 13.5. The Bertz CT molecular complexity index is 758. The van der Waals surface area contributed by atoms with E-state index >= 15 is 0 Å². The van der Waals surface area contributed by atoms with Gasteiger partial charge >= 0.3 is 0 Å². The zero-order valence-corrected chi connectivity index (χ0v) is 17.7. The summed E-state index contributed by atoms with van der Waals surface area (Å²) in [4.78, 5) is 8.56. The van der Waals surface area contributed by atoms with Crippen LogP contribution in [0.25, 0.3) is 0 Å². The van der Waals surface area contributed by atoms with E-state index in [2.05, 4.69) is 39.6 Å².